The minimum Gasteiger partial charge on any atom is -0.451 e. The van der Waals surface area contributed by atoms with Crippen molar-refractivity contribution in [2.24, 2.45) is 5.92 Å². The first kappa shape index (κ1) is 19.6. The van der Waals surface area contributed by atoms with Gasteiger partial charge in [-0.2, -0.15) is 0 Å². The van der Waals surface area contributed by atoms with E-state index in [2.05, 4.69) is 17.6 Å². The van der Waals surface area contributed by atoms with Gasteiger partial charge < -0.3 is 15.4 Å². The Morgan fingerprint density at radius 3 is 2.48 bits per heavy atom. The number of ether oxygens (including phenoxy) is 1. The van der Waals surface area contributed by atoms with Crippen molar-refractivity contribution in [1.29, 1.82) is 0 Å². The normalized spacial score (nSPS) is 29.7. The van der Waals surface area contributed by atoms with Gasteiger partial charge in [-0.05, 0) is 51.4 Å². The smallest absolute Gasteiger partial charge is 0.327 e. The molecule has 1 spiro atoms. The molecule has 150 valence electrons. The highest BCUT2D eigenvalue weighted by molar-refractivity contribution is 6.08. The standard InChI is InChI=1S/C19H29N3O5/c1-12-7-9-19(10-8-12)17(25)22(18(26)21-19)11-15(23)27-13(2)16(24)20-14-5-3-4-6-14/h12-14H,3-11H2,1-2H3,(H,20,24)(H,21,26). The Hall–Kier alpha value is -2.12. The van der Waals surface area contributed by atoms with Crippen molar-refractivity contribution >= 4 is 23.8 Å². The van der Waals surface area contributed by atoms with Crippen molar-refractivity contribution in [2.75, 3.05) is 6.54 Å². The quantitative estimate of drug-likeness (QED) is 0.556. The number of hydrogen-bond donors (Lipinski definition) is 2. The second-order valence-electron chi connectivity index (χ2n) is 8.21. The molecule has 2 aliphatic carbocycles. The van der Waals surface area contributed by atoms with Gasteiger partial charge in [-0.15, -0.1) is 0 Å². The maximum atomic E-state index is 12.7. The number of imide groups is 1. The molecule has 1 atom stereocenters. The fourth-order valence-corrected chi connectivity index (χ4v) is 4.22. The lowest BCUT2D eigenvalue weighted by Gasteiger charge is -2.33. The summed E-state index contributed by atoms with van der Waals surface area (Å²) in [5, 5.41) is 5.64. The van der Waals surface area contributed by atoms with Gasteiger partial charge in [0.05, 0.1) is 0 Å². The van der Waals surface area contributed by atoms with Crippen molar-refractivity contribution in [1.82, 2.24) is 15.5 Å². The van der Waals surface area contributed by atoms with E-state index in [9.17, 15) is 19.2 Å². The van der Waals surface area contributed by atoms with Crippen molar-refractivity contribution in [3.8, 4) is 0 Å². The predicted octanol–water partition coefficient (Wildman–Crippen LogP) is 1.48. The second-order valence-corrected chi connectivity index (χ2v) is 8.21. The van der Waals surface area contributed by atoms with Gasteiger partial charge in [0.25, 0.3) is 11.8 Å². The van der Waals surface area contributed by atoms with E-state index in [0.717, 1.165) is 43.4 Å². The van der Waals surface area contributed by atoms with E-state index in [1.165, 1.54) is 6.92 Å². The van der Waals surface area contributed by atoms with E-state index >= 15 is 0 Å². The first-order chi connectivity index (χ1) is 12.8. The molecule has 3 rings (SSSR count). The number of hydrogen-bond acceptors (Lipinski definition) is 5. The van der Waals surface area contributed by atoms with Gasteiger partial charge in [0.2, 0.25) is 0 Å². The fraction of sp³-hybridized carbons (Fsp3) is 0.789. The Kier molecular flexibility index (Phi) is 5.72. The van der Waals surface area contributed by atoms with E-state index in [0.29, 0.717) is 18.8 Å². The van der Waals surface area contributed by atoms with E-state index in [4.69, 9.17) is 4.74 Å². The molecule has 1 aliphatic heterocycles. The molecule has 2 saturated carbocycles. The molecule has 8 nitrogen and oxygen atoms in total. The molecule has 0 aromatic rings. The number of amides is 4. The minimum absolute atomic E-state index is 0.137. The fourth-order valence-electron chi connectivity index (χ4n) is 4.22. The molecular weight excluding hydrogens is 350 g/mol. The topological polar surface area (TPSA) is 105 Å². The maximum absolute atomic E-state index is 12.7. The Morgan fingerprint density at radius 1 is 1.22 bits per heavy atom. The summed E-state index contributed by atoms with van der Waals surface area (Å²) in [7, 11) is 0. The highest BCUT2D eigenvalue weighted by Crippen LogP contribution is 2.36. The molecule has 1 unspecified atom stereocenters. The molecule has 1 saturated heterocycles. The minimum atomic E-state index is -0.955. The molecule has 1 heterocycles. The predicted molar refractivity (Wildman–Crippen MR) is 96.6 cm³/mol. The first-order valence-corrected chi connectivity index (χ1v) is 9.95. The van der Waals surface area contributed by atoms with Crippen LogP contribution >= 0.6 is 0 Å². The molecular formula is C19H29N3O5. The molecule has 2 N–H and O–H groups in total. The molecule has 27 heavy (non-hydrogen) atoms. The van der Waals surface area contributed by atoms with Gasteiger partial charge in [-0.3, -0.25) is 19.3 Å². The zero-order valence-corrected chi connectivity index (χ0v) is 16.1. The van der Waals surface area contributed by atoms with Crippen molar-refractivity contribution in [3.63, 3.8) is 0 Å². The molecule has 3 aliphatic rings. The zero-order valence-electron chi connectivity index (χ0n) is 16.1. The summed E-state index contributed by atoms with van der Waals surface area (Å²) in [6.45, 7) is 3.16. The lowest BCUT2D eigenvalue weighted by atomic mass is 9.77. The summed E-state index contributed by atoms with van der Waals surface area (Å²) in [4.78, 5) is 50.2. The van der Waals surface area contributed by atoms with Crippen LogP contribution in [0.1, 0.15) is 65.2 Å². The van der Waals surface area contributed by atoms with E-state index in [1.807, 2.05) is 0 Å². The van der Waals surface area contributed by atoms with Crippen LogP contribution in [0.25, 0.3) is 0 Å². The van der Waals surface area contributed by atoms with Crippen LogP contribution in [0.2, 0.25) is 0 Å². The number of nitrogens with one attached hydrogen (secondary N) is 2. The van der Waals surface area contributed by atoms with E-state index < -0.39 is 30.2 Å². The SMILES string of the molecule is CC1CCC2(CC1)NC(=O)N(CC(=O)OC(C)C(=O)NC1CCCC1)C2=O. The number of nitrogens with zero attached hydrogens (tertiary/aromatic N) is 1. The summed E-state index contributed by atoms with van der Waals surface area (Å²) in [5.41, 5.74) is -0.880. The van der Waals surface area contributed by atoms with E-state index in [1.54, 1.807) is 0 Å². The van der Waals surface area contributed by atoms with Crippen LogP contribution in [0.3, 0.4) is 0 Å². The lowest BCUT2D eigenvalue weighted by Crippen LogP contribution is -2.49. The lowest BCUT2D eigenvalue weighted by molar-refractivity contribution is -0.157. The Balaban J connectivity index is 1.52. The average molecular weight is 379 g/mol. The van der Waals surface area contributed by atoms with Crippen LogP contribution < -0.4 is 10.6 Å². The second kappa shape index (κ2) is 7.86. The van der Waals surface area contributed by atoms with Gasteiger partial charge in [0.15, 0.2) is 6.10 Å². The summed E-state index contributed by atoms with van der Waals surface area (Å²) in [6.07, 6.45) is 6.01. The summed E-state index contributed by atoms with van der Waals surface area (Å²) >= 11 is 0. The highest BCUT2D eigenvalue weighted by atomic mass is 16.5. The average Bonchev–Trinajstić information content (AvgIpc) is 3.20. The van der Waals surface area contributed by atoms with Crippen LogP contribution in [0.5, 0.6) is 0 Å². The maximum Gasteiger partial charge on any atom is 0.327 e. The van der Waals surface area contributed by atoms with Crippen molar-refractivity contribution < 1.29 is 23.9 Å². The van der Waals surface area contributed by atoms with Gasteiger partial charge in [0, 0.05) is 6.04 Å². The van der Waals surface area contributed by atoms with Gasteiger partial charge in [-0.1, -0.05) is 19.8 Å². The van der Waals surface area contributed by atoms with Crippen LogP contribution in [-0.4, -0.2) is 52.9 Å². The summed E-state index contributed by atoms with van der Waals surface area (Å²) in [6, 6.07) is -0.423. The molecule has 4 amide bonds. The van der Waals surface area contributed by atoms with E-state index in [-0.39, 0.29) is 17.9 Å². The first-order valence-electron chi connectivity index (χ1n) is 9.95. The number of carbonyl (C=O) groups is 4. The number of esters is 1. The third-order valence-electron chi connectivity index (χ3n) is 6.04. The third-order valence-corrected chi connectivity index (χ3v) is 6.04. The van der Waals surface area contributed by atoms with Gasteiger partial charge in [-0.25, -0.2) is 4.79 Å². The highest BCUT2D eigenvalue weighted by Gasteiger charge is 2.52. The molecule has 0 aromatic heterocycles. The molecule has 8 heteroatoms. The number of urea groups is 1. The van der Waals surface area contributed by atoms with Crippen LogP contribution in [0.4, 0.5) is 4.79 Å². The monoisotopic (exact) mass is 379 g/mol. The Bertz CT molecular complexity index is 621. The van der Waals surface area contributed by atoms with Crippen molar-refractivity contribution in [2.45, 2.75) is 82.9 Å². The summed E-state index contributed by atoms with van der Waals surface area (Å²) < 4.78 is 5.15. The Morgan fingerprint density at radius 2 is 1.85 bits per heavy atom. The Labute approximate surface area is 159 Å². The number of rotatable bonds is 5. The van der Waals surface area contributed by atoms with Crippen molar-refractivity contribution in [3.05, 3.63) is 0 Å². The largest absolute Gasteiger partial charge is 0.451 e. The van der Waals surface area contributed by atoms with Gasteiger partial charge in [0.1, 0.15) is 12.1 Å². The van der Waals surface area contributed by atoms with Crippen LogP contribution in [-0.2, 0) is 19.1 Å². The molecule has 0 radical (unpaired) electrons. The third kappa shape index (κ3) is 4.25. The van der Waals surface area contributed by atoms with Gasteiger partial charge >= 0.3 is 12.0 Å². The molecule has 3 fully saturated rings. The number of carbonyl (C=O) groups excluding carboxylic acids is 4. The summed E-state index contributed by atoms with van der Waals surface area (Å²) in [5.74, 6) is -0.933. The molecule has 0 aromatic carbocycles. The molecule has 0 bridgehead atoms. The van der Waals surface area contributed by atoms with Crippen LogP contribution in [0, 0.1) is 5.92 Å². The zero-order chi connectivity index (χ0) is 19.6. The van der Waals surface area contributed by atoms with Crippen LogP contribution in [0.15, 0.2) is 0 Å².